The van der Waals surface area contributed by atoms with Crippen LogP contribution in [-0.2, 0) is 0 Å². The van der Waals surface area contributed by atoms with Crippen LogP contribution in [0, 0.1) is 5.92 Å². The lowest BCUT2D eigenvalue weighted by Crippen LogP contribution is -2.02. The van der Waals surface area contributed by atoms with Crippen LogP contribution in [0.2, 0.25) is 0 Å². The Kier molecular flexibility index (Phi) is 6.46. The molecule has 0 saturated carbocycles. The molecule has 0 aliphatic heterocycles. The van der Waals surface area contributed by atoms with Gasteiger partial charge in [-0.25, -0.2) is 0 Å². The van der Waals surface area contributed by atoms with Crippen LogP contribution < -0.4 is 5.32 Å². The quantitative estimate of drug-likeness (QED) is 0.660. The number of anilines is 1. The number of hydrogen-bond acceptors (Lipinski definition) is 1. The van der Waals surface area contributed by atoms with Gasteiger partial charge < -0.3 is 5.32 Å². The Hall–Kier alpha value is -1.24. The largest absolute Gasteiger partial charge is 0.381 e. The van der Waals surface area contributed by atoms with E-state index < -0.39 is 0 Å². The lowest BCUT2D eigenvalue weighted by Gasteiger charge is -2.08. The summed E-state index contributed by atoms with van der Waals surface area (Å²) < 4.78 is 0. The lowest BCUT2D eigenvalue weighted by atomic mass is 10.0. The number of benzene rings is 1. The van der Waals surface area contributed by atoms with Gasteiger partial charge in [0.1, 0.15) is 0 Å². The number of nitrogens with one attached hydrogen (secondary N) is 1. The Labute approximate surface area is 106 Å². The molecule has 0 aromatic heterocycles. The van der Waals surface area contributed by atoms with Crippen LogP contribution in [0.5, 0.6) is 0 Å². The number of rotatable bonds is 7. The third-order valence-electron chi connectivity index (χ3n) is 3.19. The highest BCUT2D eigenvalue weighted by molar-refractivity contribution is 5.43. The van der Waals surface area contributed by atoms with Crippen molar-refractivity contribution in [3.8, 4) is 0 Å². The van der Waals surface area contributed by atoms with Gasteiger partial charge in [-0.1, -0.05) is 50.1 Å². The first kappa shape index (κ1) is 13.8. The minimum Gasteiger partial charge on any atom is -0.381 e. The predicted molar refractivity (Wildman–Crippen MR) is 77.4 cm³/mol. The third kappa shape index (κ3) is 6.15. The summed E-state index contributed by atoms with van der Waals surface area (Å²) in [7, 11) is 0. The Morgan fingerprint density at radius 3 is 2.65 bits per heavy atom. The van der Waals surface area contributed by atoms with Crippen molar-refractivity contribution in [2.45, 2.75) is 40.0 Å². The van der Waals surface area contributed by atoms with Gasteiger partial charge in [0.15, 0.2) is 0 Å². The second-order valence-corrected chi connectivity index (χ2v) is 4.86. The summed E-state index contributed by atoms with van der Waals surface area (Å²) in [5.41, 5.74) is 2.62. The van der Waals surface area contributed by atoms with E-state index in [0.717, 1.165) is 12.5 Å². The predicted octanol–water partition coefficient (Wildman–Crippen LogP) is 4.87. The van der Waals surface area contributed by atoms with Gasteiger partial charge in [0.2, 0.25) is 0 Å². The van der Waals surface area contributed by atoms with Crippen molar-refractivity contribution in [1.29, 1.82) is 0 Å². The molecule has 1 nitrogen and oxygen atoms in total. The first-order valence-electron chi connectivity index (χ1n) is 6.67. The fourth-order valence-corrected chi connectivity index (χ4v) is 1.69. The second kappa shape index (κ2) is 7.94. The molecule has 1 heteroatoms. The summed E-state index contributed by atoms with van der Waals surface area (Å²) in [5.74, 6) is 0.848. The molecule has 0 heterocycles. The summed E-state index contributed by atoms with van der Waals surface area (Å²) in [5, 5.41) is 3.43. The molecule has 1 N–H and O–H groups in total. The fourth-order valence-electron chi connectivity index (χ4n) is 1.69. The maximum atomic E-state index is 3.43. The zero-order valence-electron chi connectivity index (χ0n) is 11.4. The van der Waals surface area contributed by atoms with Crippen molar-refractivity contribution >= 4 is 5.69 Å². The van der Waals surface area contributed by atoms with Gasteiger partial charge in [0.25, 0.3) is 0 Å². The molecule has 1 unspecified atom stereocenters. The average molecular weight is 231 g/mol. The van der Waals surface area contributed by atoms with E-state index >= 15 is 0 Å². The minimum absolute atomic E-state index is 0.848. The van der Waals surface area contributed by atoms with E-state index in [9.17, 15) is 0 Å². The molecule has 1 rings (SSSR count). The number of allylic oxidation sites excluding steroid dienone is 1. The van der Waals surface area contributed by atoms with Crippen molar-refractivity contribution in [3.05, 3.63) is 42.0 Å². The highest BCUT2D eigenvalue weighted by atomic mass is 14.9. The molecule has 0 amide bonds. The Morgan fingerprint density at radius 1 is 1.29 bits per heavy atom. The average Bonchev–Trinajstić information content (AvgIpc) is 2.37. The fraction of sp³-hybridized carbons (Fsp3) is 0.500. The zero-order valence-corrected chi connectivity index (χ0v) is 11.4. The second-order valence-electron chi connectivity index (χ2n) is 4.86. The zero-order chi connectivity index (χ0) is 12.5. The molecule has 0 bridgehead atoms. The smallest absolute Gasteiger partial charge is 0.0357 e. The van der Waals surface area contributed by atoms with Crippen molar-refractivity contribution in [2.75, 3.05) is 11.9 Å². The minimum atomic E-state index is 0.848. The number of para-hydroxylation sites is 1. The summed E-state index contributed by atoms with van der Waals surface area (Å²) in [4.78, 5) is 0. The molecule has 0 fully saturated rings. The SMILES string of the molecule is CCC(C)CC/C=C(\C)CNc1ccccc1. The van der Waals surface area contributed by atoms with Crippen LogP contribution in [0.15, 0.2) is 42.0 Å². The summed E-state index contributed by atoms with van der Waals surface area (Å²) in [6.45, 7) is 7.74. The van der Waals surface area contributed by atoms with Crippen LogP contribution in [0.4, 0.5) is 5.69 Å². The van der Waals surface area contributed by atoms with Gasteiger partial charge in [-0.2, -0.15) is 0 Å². The van der Waals surface area contributed by atoms with E-state index in [0.29, 0.717) is 0 Å². The van der Waals surface area contributed by atoms with Crippen molar-refractivity contribution in [3.63, 3.8) is 0 Å². The Morgan fingerprint density at radius 2 is 2.00 bits per heavy atom. The van der Waals surface area contributed by atoms with Gasteiger partial charge in [-0.05, 0) is 37.8 Å². The van der Waals surface area contributed by atoms with E-state index in [4.69, 9.17) is 0 Å². The molecule has 94 valence electrons. The van der Waals surface area contributed by atoms with Gasteiger partial charge in [-0.3, -0.25) is 0 Å². The molecule has 0 spiro atoms. The van der Waals surface area contributed by atoms with Gasteiger partial charge in [0, 0.05) is 12.2 Å². The normalized spacial score (nSPS) is 13.5. The molecule has 0 saturated heterocycles. The molecular weight excluding hydrogens is 206 g/mol. The van der Waals surface area contributed by atoms with Crippen LogP contribution >= 0.6 is 0 Å². The standard InChI is InChI=1S/C16H25N/c1-4-14(2)9-8-10-15(3)13-17-16-11-6-5-7-12-16/h5-7,10-12,14,17H,4,8-9,13H2,1-3H3/b15-10+. The van der Waals surface area contributed by atoms with Crippen molar-refractivity contribution in [1.82, 2.24) is 0 Å². The van der Waals surface area contributed by atoms with Crippen LogP contribution in [-0.4, -0.2) is 6.54 Å². The lowest BCUT2D eigenvalue weighted by molar-refractivity contribution is 0.521. The summed E-state index contributed by atoms with van der Waals surface area (Å²) in [6.07, 6.45) is 6.16. The maximum absolute atomic E-state index is 3.43. The van der Waals surface area contributed by atoms with Crippen LogP contribution in [0.3, 0.4) is 0 Å². The molecular formula is C16H25N. The molecule has 0 aliphatic carbocycles. The van der Waals surface area contributed by atoms with E-state index in [1.807, 2.05) is 6.07 Å². The first-order valence-corrected chi connectivity index (χ1v) is 6.67. The molecule has 1 aromatic carbocycles. The van der Waals surface area contributed by atoms with Gasteiger partial charge >= 0.3 is 0 Å². The highest BCUT2D eigenvalue weighted by Crippen LogP contribution is 2.11. The summed E-state index contributed by atoms with van der Waals surface area (Å²) >= 11 is 0. The number of hydrogen-bond donors (Lipinski definition) is 1. The topological polar surface area (TPSA) is 12.0 Å². The van der Waals surface area contributed by atoms with Crippen LogP contribution in [0.1, 0.15) is 40.0 Å². The maximum Gasteiger partial charge on any atom is 0.0357 e. The first-order chi connectivity index (χ1) is 8.22. The molecule has 0 radical (unpaired) electrons. The molecule has 0 aliphatic rings. The molecule has 1 aromatic rings. The van der Waals surface area contributed by atoms with E-state index in [2.05, 4.69) is 56.4 Å². The van der Waals surface area contributed by atoms with Gasteiger partial charge in [0.05, 0.1) is 0 Å². The van der Waals surface area contributed by atoms with Crippen molar-refractivity contribution < 1.29 is 0 Å². The monoisotopic (exact) mass is 231 g/mol. The van der Waals surface area contributed by atoms with Crippen LogP contribution in [0.25, 0.3) is 0 Å². The van der Waals surface area contributed by atoms with Gasteiger partial charge in [-0.15, -0.1) is 0 Å². The Bertz CT molecular complexity index is 327. The van der Waals surface area contributed by atoms with E-state index in [1.165, 1.54) is 30.5 Å². The van der Waals surface area contributed by atoms with Crippen molar-refractivity contribution in [2.24, 2.45) is 5.92 Å². The Balaban J connectivity index is 2.25. The summed E-state index contributed by atoms with van der Waals surface area (Å²) in [6, 6.07) is 10.4. The highest BCUT2D eigenvalue weighted by Gasteiger charge is 1.97. The third-order valence-corrected chi connectivity index (χ3v) is 3.19. The van der Waals surface area contributed by atoms with E-state index in [-0.39, 0.29) is 0 Å². The van der Waals surface area contributed by atoms with E-state index in [1.54, 1.807) is 0 Å². The molecule has 1 atom stereocenters. The molecule has 17 heavy (non-hydrogen) atoms.